The summed E-state index contributed by atoms with van der Waals surface area (Å²) in [6.07, 6.45) is 4.75. The summed E-state index contributed by atoms with van der Waals surface area (Å²) in [6, 6.07) is 3.14. The van der Waals surface area contributed by atoms with E-state index in [1.807, 2.05) is 13.0 Å². The van der Waals surface area contributed by atoms with Crippen LogP contribution in [-0.2, 0) is 48.2 Å². The fraction of sp³-hybridized carbons (Fsp3) is 0.459. The van der Waals surface area contributed by atoms with Gasteiger partial charge in [-0.25, -0.2) is 9.37 Å². The van der Waals surface area contributed by atoms with Crippen LogP contribution in [-0.4, -0.2) is 67.6 Å². The van der Waals surface area contributed by atoms with E-state index in [2.05, 4.69) is 27.8 Å². The number of methoxy groups -OCH3 is 1. The van der Waals surface area contributed by atoms with Crippen molar-refractivity contribution in [3.8, 4) is 11.4 Å². The van der Waals surface area contributed by atoms with E-state index in [1.165, 1.54) is 13.2 Å². The first kappa shape index (κ1) is 35.9. The zero-order chi connectivity index (χ0) is 36.4. The zero-order valence-electron chi connectivity index (χ0n) is 29.1. The molecule has 14 heteroatoms. The number of nitrogens with zero attached hydrogens (tertiary/aromatic N) is 2. The Morgan fingerprint density at radius 1 is 1.18 bits per heavy atom. The Balaban J connectivity index is 1.26. The molecule has 3 aliphatic rings. The molecule has 2 atom stereocenters. The number of hydrogen-bond acceptors (Lipinski definition) is 9. The van der Waals surface area contributed by atoms with Crippen LogP contribution in [0.25, 0.3) is 22.3 Å². The Morgan fingerprint density at radius 2 is 1.94 bits per heavy atom. The third-order valence-corrected chi connectivity index (χ3v) is 10.4. The summed E-state index contributed by atoms with van der Waals surface area (Å²) >= 11 is 0. The zero-order valence-corrected chi connectivity index (χ0v) is 29.1. The molecular weight excluding hydrogens is 659 g/mol. The third kappa shape index (κ3) is 6.77. The summed E-state index contributed by atoms with van der Waals surface area (Å²) < 4.78 is 28.2. The molecule has 2 unspecified atom stereocenters. The van der Waals surface area contributed by atoms with Crippen molar-refractivity contribution < 1.29 is 33.0 Å². The summed E-state index contributed by atoms with van der Waals surface area (Å²) in [5.74, 6) is -1.73. The molecule has 4 N–H and O–H groups in total. The van der Waals surface area contributed by atoms with Crippen LogP contribution < -0.4 is 26.8 Å². The SMILES string of the molecule is C=C(NC1CCc2c(C)c(F)cc3nc4c(c1c23)Cn1c-4cc(C(C=O)CC)c(COC)c1=O)C1(COCNC(=O)CNC(=O)CNC=O)CC1. The van der Waals surface area contributed by atoms with Crippen LogP contribution in [0.15, 0.2) is 29.2 Å². The number of pyridine rings is 2. The fourth-order valence-electron chi connectivity index (χ4n) is 7.38. The second-order valence-corrected chi connectivity index (χ2v) is 13.5. The largest absolute Gasteiger partial charge is 0.381 e. The highest BCUT2D eigenvalue weighted by Crippen LogP contribution is 2.52. The molecule has 0 bridgehead atoms. The van der Waals surface area contributed by atoms with E-state index in [-0.39, 0.29) is 55.8 Å². The average Bonchev–Trinajstić information content (AvgIpc) is 3.83. The monoisotopic (exact) mass is 702 g/mol. The number of carbonyl (C=O) groups is 4. The number of hydrogen-bond donors (Lipinski definition) is 4. The highest BCUT2D eigenvalue weighted by Gasteiger charge is 2.47. The smallest absolute Gasteiger partial charge is 0.257 e. The van der Waals surface area contributed by atoms with Crippen LogP contribution in [0, 0.1) is 18.2 Å². The number of carbonyl (C=O) groups excluding carboxylic acids is 4. The number of nitrogens with one attached hydrogen (secondary N) is 4. The molecule has 1 saturated carbocycles. The molecule has 270 valence electrons. The normalized spacial score (nSPS) is 16.8. The van der Waals surface area contributed by atoms with E-state index in [9.17, 15) is 24.0 Å². The predicted octanol–water partition coefficient (Wildman–Crippen LogP) is 2.53. The van der Waals surface area contributed by atoms with Crippen LogP contribution >= 0.6 is 0 Å². The van der Waals surface area contributed by atoms with E-state index in [0.717, 1.165) is 46.9 Å². The maximum absolute atomic E-state index is 15.3. The number of aryl methyl sites for hydroxylation is 1. The summed E-state index contributed by atoms with van der Waals surface area (Å²) in [4.78, 5) is 65.1. The Morgan fingerprint density at radius 3 is 2.63 bits per heavy atom. The van der Waals surface area contributed by atoms with Gasteiger partial charge in [-0.3, -0.25) is 19.2 Å². The molecule has 2 aromatic heterocycles. The predicted molar refractivity (Wildman–Crippen MR) is 186 cm³/mol. The molecule has 0 radical (unpaired) electrons. The molecule has 3 amide bonds. The summed E-state index contributed by atoms with van der Waals surface area (Å²) in [6.45, 7) is 8.24. The first-order chi connectivity index (χ1) is 24.6. The van der Waals surface area contributed by atoms with Crippen LogP contribution in [0.3, 0.4) is 0 Å². The van der Waals surface area contributed by atoms with Crippen molar-refractivity contribution in [3.05, 3.63) is 74.0 Å². The van der Waals surface area contributed by atoms with Crippen molar-refractivity contribution in [2.75, 3.05) is 33.5 Å². The first-order valence-electron chi connectivity index (χ1n) is 17.2. The van der Waals surface area contributed by atoms with Crippen LogP contribution in [0.2, 0.25) is 0 Å². The number of halogens is 1. The molecule has 1 aromatic carbocycles. The van der Waals surface area contributed by atoms with Crippen molar-refractivity contribution in [2.24, 2.45) is 5.41 Å². The minimum atomic E-state index is -0.486. The number of aldehydes is 1. The standard InChI is InChI=1S/C37H43FN6O7/c1-5-22(15-45)24-10-30-35-25(14-44(30)36(49)26(24)16-50-4)34-28(7-6-23-20(2)27(38)11-29(43-35)33(23)34)42-21(3)37(8-9-37)17-51-19-41-32(48)13-40-31(47)12-39-18-46/h10-11,15,18,22,28,42H,3,5-9,12-14,16-17,19H2,1-2,4H3,(H,39,46)(H,40,47)(H,41,48). The Kier molecular flexibility index (Phi) is 10.4. The van der Waals surface area contributed by atoms with Gasteiger partial charge in [0.2, 0.25) is 18.2 Å². The van der Waals surface area contributed by atoms with Crippen molar-refractivity contribution in [1.82, 2.24) is 30.8 Å². The molecule has 2 aliphatic carbocycles. The lowest BCUT2D eigenvalue weighted by Gasteiger charge is -2.33. The van der Waals surface area contributed by atoms with Crippen molar-refractivity contribution in [3.63, 3.8) is 0 Å². The van der Waals surface area contributed by atoms with Gasteiger partial charge in [-0.05, 0) is 67.3 Å². The van der Waals surface area contributed by atoms with Gasteiger partial charge < -0.3 is 40.1 Å². The van der Waals surface area contributed by atoms with Gasteiger partial charge in [-0.15, -0.1) is 0 Å². The maximum Gasteiger partial charge on any atom is 0.257 e. The van der Waals surface area contributed by atoms with Crippen LogP contribution in [0.1, 0.15) is 77.9 Å². The van der Waals surface area contributed by atoms with E-state index < -0.39 is 17.7 Å². The molecule has 51 heavy (non-hydrogen) atoms. The number of ether oxygens (including phenoxy) is 2. The second-order valence-electron chi connectivity index (χ2n) is 13.5. The van der Waals surface area contributed by atoms with Crippen molar-refractivity contribution in [2.45, 2.75) is 71.1 Å². The molecule has 0 saturated heterocycles. The van der Waals surface area contributed by atoms with Gasteiger partial charge in [0.25, 0.3) is 5.56 Å². The Bertz CT molecular complexity index is 1990. The number of amides is 3. The van der Waals surface area contributed by atoms with Gasteiger partial charge in [-0.1, -0.05) is 13.5 Å². The molecule has 3 heterocycles. The Labute approximate surface area is 294 Å². The van der Waals surface area contributed by atoms with E-state index in [4.69, 9.17) is 14.5 Å². The molecule has 13 nitrogen and oxygen atoms in total. The van der Waals surface area contributed by atoms with Gasteiger partial charge in [0.1, 0.15) is 18.8 Å². The maximum atomic E-state index is 15.3. The van der Waals surface area contributed by atoms with E-state index in [0.29, 0.717) is 65.9 Å². The number of benzene rings is 1. The lowest BCUT2D eigenvalue weighted by atomic mass is 9.81. The highest BCUT2D eigenvalue weighted by atomic mass is 19.1. The second kappa shape index (κ2) is 14.7. The summed E-state index contributed by atoms with van der Waals surface area (Å²) in [5, 5.41) is 11.8. The number of rotatable bonds is 17. The third-order valence-electron chi connectivity index (χ3n) is 10.4. The van der Waals surface area contributed by atoms with Gasteiger partial charge in [0, 0.05) is 46.7 Å². The van der Waals surface area contributed by atoms with Gasteiger partial charge >= 0.3 is 0 Å². The quantitative estimate of drug-likeness (QED) is 0.0734. The molecule has 1 fully saturated rings. The number of aromatic nitrogens is 2. The lowest BCUT2D eigenvalue weighted by molar-refractivity contribution is -0.127. The van der Waals surface area contributed by atoms with Crippen LogP contribution in [0.5, 0.6) is 0 Å². The molecular formula is C37H43FN6O7. The first-order valence-corrected chi connectivity index (χ1v) is 17.2. The summed E-state index contributed by atoms with van der Waals surface area (Å²) in [5.41, 5.74) is 6.35. The fourth-order valence-corrected chi connectivity index (χ4v) is 7.38. The minimum Gasteiger partial charge on any atom is -0.381 e. The van der Waals surface area contributed by atoms with Crippen LogP contribution in [0.4, 0.5) is 4.39 Å². The van der Waals surface area contributed by atoms with Gasteiger partial charge in [-0.2, -0.15) is 0 Å². The summed E-state index contributed by atoms with van der Waals surface area (Å²) in [7, 11) is 1.52. The molecule has 1 aliphatic heterocycles. The van der Waals surface area contributed by atoms with Crippen molar-refractivity contribution in [1.29, 1.82) is 0 Å². The molecule has 0 spiro atoms. The van der Waals surface area contributed by atoms with E-state index >= 15 is 4.39 Å². The molecule has 3 aromatic rings. The highest BCUT2D eigenvalue weighted by molar-refractivity contribution is 5.93. The topological polar surface area (TPSA) is 170 Å². The molecule has 6 rings (SSSR count). The Hall–Kier alpha value is -4.95. The van der Waals surface area contributed by atoms with Gasteiger partial charge in [0.05, 0.1) is 55.8 Å². The minimum absolute atomic E-state index is 0.0560. The average molecular weight is 703 g/mol. The van der Waals surface area contributed by atoms with Gasteiger partial charge in [0.15, 0.2) is 0 Å². The van der Waals surface area contributed by atoms with Crippen molar-refractivity contribution >= 4 is 35.4 Å². The number of fused-ring (bicyclic) bond motifs is 4. The van der Waals surface area contributed by atoms with E-state index in [1.54, 1.807) is 11.5 Å². The lowest BCUT2D eigenvalue weighted by Crippen LogP contribution is -2.41.